The first kappa shape index (κ1) is 22.0. The van der Waals surface area contributed by atoms with Gasteiger partial charge in [0.1, 0.15) is 5.82 Å². The fraction of sp³-hybridized carbons (Fsp3) is 0.227. The van der Waals surface area contributed by atoms with Gasteiger partial charge in [0.25, 0.3) is 0 Å². The van der Waals surface area contributed by atoms with E-state index in [2.05, 4.69) is 45.5 Å². The molecular weight excluding hydrogens is 424 g/mol. The first-order valence-electron chi connectivity index (χ1n) is 10.1. The minimum absolute atomic E-state index is 0.513. The van der Waals surface area contributed by atoms with Crippen LogP contribution in [0.15, 0.2) is 54.7 Å². The van der Waals surface area contributed by atoms with Crippen LogP contribution in [0.5, 0.6) is 0 Å². The van der Waals surface area contributed by atoms with Crippen molar-refractivity contribution in [2.75, 3.05) is 23.0 Å². The molecule has 0 unspecified atom stereocenters. The van der Waals surface area contributed by atoms with Crippen molar-refractivity contribution < 1.29 is 5.21 Å². The Bertz CT molecular complexity index is 1230. The highest BCUT2D eigenvalue weighted by molar-refractivity contribution is 7.96. The van der Waals surface area contributed by atoms with E-state index in [9.17, 15) is 0 Å². The molecule has 0 saturated heterocycles. The van der Waals surface area contributed by atoms with Gasteiger partial charge in [-0.2, -0.15) is 10.1 Å². The van der Waals surface area contributed by atoms with Gasteiger partial charge in [-0.25, -0.2) is 10.8 Å². The third-order valence-electron chi connectivity index (χ3n) is 5.28. The summed E-state index contributed by atoms with van der Waals surface area (Å²) in [5.74, 6) is 7.18. The van der Waals surface area contributed by atoms with Crippen LogP contribution in [0.2, 0.25) is 0 Å². The second-order valence-corrected chi connectivity index (χ2v) is 8.46. The maximum Gasteiger partial charge on any atom is 0.229 e. The number of rotatable bonds is 8. The number of fused-ring (bicyclic) bond motifs is 1. The zero-order chi connectivity index (χ0) is 22.7. The van der Waals surface area contributed by atoms with Crippen LogP contribution >= 0.6 is 11.9 Å². The number of hydrogen-bond donors (Lipinski definition) is 3. The maximum atomic E-state index is 9.03. The standard InChI is InChI=1S/C22H26N8OS/c1-15-19-8-7-18(14-20(19)27-29(15)3)28(2)21-9-11-24-22(26-21)25-17-6-4-5-16(13-17)10-12-32-30(23)31/h4-9,11,13-14,31H,10,12,23H2,1-3H3,(H,24,25,26). The third-order valence-corrected chi connectivity index (χ3v) is 5.93. The molecule has 4 rings (SSSR count). The van der Waals surface area contributed by atoms with E-state index in [1.165, 1.54) is 0 Å². The average molecular weight is 451 g/mol. The lowest BCUT2D eigenvalue weighted by atomic mass is 10.1. The number of nitrogens with two attached hydrogens (primary N) is 1. The lowest BCUT2D eigenvalue weighted by Gasteiger charge is -2.19. The molecule has 0 spiro atoms. The van der Waals surface area contributed by atoms with E-state index in [4.69, 9.17) is 11.0 Å². The van der Waals surface area contributed by atoms with E-state index >= 15 is 0 Å². The lowest BCUT2D eigenvalue weighted by molar-refractivity contribution is 0.0164. The maximum absolute atomic E-state index is 9.03. The normalized spacial score (nSPS) is 11.3. The molecule has 0 aliphatic rings. The molecular formula is C22H26N8OS. The Kier molecular flexibility index (Phi) is 6.56. The molecule has 2 heterocycles. The summed E-state index contributed by atoms with van der Waals surface area (Å²) in [6.07, 6.45) is 2.51. The summed E-state index contributed by atoms with van der Waals surface area (Å²) in [7, 11) is 3.93. The van der Waals surface area contributed by atoms with Crippen LogP contribution in [0.25, 0.3) is 10.9 Å². The van der Waals surface area contributed by atoms with Crippen LogP contribution in [0.1, 0.15) is 11.3 Å². The zero-order valence-corrected chi connectivity index (χ0v) is 19.0. The number of benzene rings is 2. The van der Waals surface area contributed by atoms with E-state index in [0.29, 0.717) is 16.3 Å². The Balaban J connectivity index is 1.50. The molecule has 9 nitrogen and oxygen atoms in total. The summed E-state index contributed by atoms with van der Waals surface area (Å²) in [6.45, 7) is 2.06. The van der Waals surface area contributed by atoms with Crippen molar-refractivity contribution >= 4 is 46.0 Å². The van der Waals surface area contributed by atoms with Crippen molar-refractivity contribution in [1.82, 2.24) is 24.3 Å². The quantitative estimate of drug-likeness (QED) is 0.209. The molecule has 0 amide bonds. The van der Waals surface area contributed by atoms with Gasteiger partial charge in [0.05, 0.1) is 5.52 Å². The summed E-state index contributed by atoms with van der Waals surface area (Å²) in [5, 5.41) is 18.0. The Labute approximate surface area is 190 Å². The van der Waals surface area contributed by atoms with Crippen LogP contribution in [0.3, 0.4) is 0 Å². The minimum atomic E-state index is 0.513. The van der Waals surface area contributed by atoms with Crippen LogP contribution in [-0.4, -0.2) is 42.3 Å². The second-order valence-electron chi connectivity index (χ2n) is 7.42. The topological polar surface area (TPSA) is 108 Å². The molecule has 166 valence electrons. The molecule has 0 aliphatic carbocycles. The van der Waals surface area contributed by atoms with Crippen molar-refractivity contribution in [3.05, 3.63) is 66.0 Å². The molecule has 0 radical (unpaired) electrons. The van der Waals surface area contributed by atoms with Crippen LogP contribution in [0, 0.1) is 6.92 Å². The molecule has 0 fully saturated rings. The number of anilines is 4. The molecule has 2 aromatic heterocycles. The van der Waals surface area contributed by atoms with Crippen LogP contribution in [0.4, 0.5) is 23.1 Å². The fourth-order valence-corrected chi connectivity index (χ4v) is 3.96. The first-order chi connectivity index (χ1) is 15.4. The van der Waals surface area contributed by atoms with Crippen molar-refractivity contribution in [2.45, 2.75) is 13.3 Å². The van der Waals surface area contributed by atoms with Gasteiger partial charge in [0.15, 0.2) is 0 Å². The predicted molar refractivity (Wildman–Crippen MR) is 129 cm³/mol. The molecule has 0 saturated carbocycles. The van der Waals surface area contributed by atoms with Gasteiger partial charge < -0.3 is 10.2 Å². The molecule has 10 heteroatoms. The molecule has 4 N–H and O–H groups in total. The van der Waals surface area contributed by atoms with Gasteiger partial charge >= 0.3 is 0 Å². The highest BCUT2D eigenvalue weighted by Crippen LogP contribution is 2.27. The number of nitrogens with zero attached hydrogens (tertiary/aromatic N) is 6. The molecule has 32 heavy (non-hydrogen) atoms. The SMILES string of the molecule is Cc1c2ccc(N(C)c3ccnc(Nc4cccc(CCSN(N)O)c4)n3)cc2nn1C. The number of hydrazine groups is 1. The minimum Gasteiger partial charge on any atom is -0.329 e. The highest BCUT2D eigenvalue weighted by atomic mass is 32.2. The van der Waals surface area contributed by atoms with Gasteiger partial charge in [0, 0.05) is 48.5 Å². The first-order valence-corrected chi connectivity index (χ1v) is 11.1. The van der Waals surface area contributed by atoms with Gasteiger partial charge in [-0.1, -0.05) is 16.7 Å². The summed E-state index contributed by atoms with van der Waals surface area (Å²) in [6, 6.07) is 16.1. The summed E-state index contributed by atoms with van der Waals surface area (Å²) >= 11 is 1.15. The van der Waals surface area contributed by atoms with Gasteiger partial charge in [-0.3, -0.25) is 9.89 Å². The number of aromatic nitrogens is 4. The molecule has 2 aromatic carbocycles. The Morgan fingerprint density at radius 2 is 2.03 bits per heavy atom. The summed E-state index contributed by atoms with van der Waals surface area (Å²) in [4.78, 5) is 11.1. The fourth-order valence-electron chi connectivity index (χ4n) is 3.45. The number of nitrogens with one attached hydrogen (secondary N) is 1. The van der Waals surface area contributed by atoms with Gasteiger partial charge in [-0.15, -0.1) is 0 Å². The van der Waals surface area contributed by atoms with Crippen molar-refractivity contribution in [1.29, 1.82) is 0 Å². The summed E-state index contributed by atoms with van der Waals surface area (Å²) < 4.78 is 2.52. The predicted octanol–water partition coefficient (Wildman–Crippen LogP) is 3.94. The van der Waals surface area contributed by atoms with E-state index in [1.54, 1.807) is 6.20 Å². The number of aryl methyl sites for hydroxylation is 3. The molecule has 4 aromatic rings. The molecule has 0 bridgehead atoms. The second kappa shape index (κ2) is 9.53. The van der Waals surface area contributed by atoms with Gasteiger partial charge in [-0.05, 0) is 67.3 Å². The third kappa shape index (κ3) is 5.00. The van der Waals surface area contributed by atoms with Crippen molar-refractivity contribution in [3.8, 4) is 0 Å². The lowest BCUT2D eigenvalue weighted by Crippen LogP contribution is -2.18. The summed E-state index contributed by atoms with van der Waals surface area (Å²) in [5.41, 5.74) is 5.11. The van der Waals surface area contributed by atoms with Crippen molar-refractivity contribution in [3.63, 3.8) is 0 Å². The Hall–Kier alpha value is -3.18. The average Bonchev–Trinajstić information content (AvgIpc) is 3.06. The van der Waals surface area contributed by atoms with Crippen molar-refractivity contribution in [2.24, 2.45) is 12.9 Å². The zero-order valence-electron chi connectivity index (χ0n) is 18.2. The van der Waals surface area contributed by atoms with Gasteiger partial charge in [0.2, 0.25) is 5.95 Å². The van der Waals surface area contributed by atoms with Crippen LogP contribution < -0.4 is 16.1 Å². The smallest absolute Gasteiger partial charge is 0.229 e. The van der Waals surface area contributed by atoms with E-state index in [0.717, 1.165) is 57.7 Å². The van der Waals surface area contributed by atoms with E-state index in [-0.39, 0.29) is 0 Å². The molecule has 0 atom stereocenters. The molecule has 0 aliphatic heterocycles. The monoisotopic (exact) mass is 450 g/mol. The van der Waals surface area contributed by atoms with Crippen LogP contribution in [-0.2, 0) is 13.5 Å². The number of hydrogen-bond acceptors (Lipinski definition) is 9. The Morgan fingerprint density at radius 1 is 1.19 bits per heavy atom. The van der Waals surface area contributed by atoms with E-state index < -0.39 is 0 Å². The highest BCUT2D eigenvalue weighted by Gasteiger charge is 2.11. The van der Waals surface area contributed by atoms with E-state index in [1.807, 2.05) is 54.0 Å². The Morgan fingerprint density at radius 3 is 2.84 bits per heavy atom. The largest absolute Gasteiger partial charge is 0.329 e.